The van der Waals surface area contributed by atoms with E-state index in [4.69, 9.17) is 0 Å². The molecule has 0 radical (unpaired) electrons. The Kier molecular flexibility index (Phi) is 3.23. The number of aromatic amines is 1. The minimum atomic E-state index is 0.984. The molecule has 1 N–H and O–H groups in total. The van der Waals surface area contributed by atoms with E-state index < -0.39 is 0 Å². The fourth-order valence-corrected chi connectivity index (χ4v) is 1.45. The molecule has 0 fully saturated rings. The lowest BCUT2D eigenvalue weighted by Crippen LogP contribution is -1.86. The summed E-state index contributed by atoms with van der Waals surface area (Å²) in [6, 6.07) is 2.06. The number of hydrogen-bond acceptors (Lipinski definition) is 2. The minimum absolute atomic E-state index is 0.984. The van der Waals surface area contributed by atoms with Gasteiger partial charge in [-0.2, -0.15) is 5.10 Å². The molecule has 0 aliphatic rings. The van der Waals surface area contributed by atoms with Crippen molar-refractivity contribution >= 4 is 10.9 Å². The quantitative estimate of drug-likeness (QED) is 0.695. The first-order valence-electron chi connectivity index (χ1n) is 4.97. The van der Waals surface area contributed by atoms with Crippen LogP contribution < -0.4 is 0 Å². The van der Waals surface area contributed by atoms with Gasteiger partial charge in [0.25, 0.3) is 0 Å². The maximum atomic E-state index is 4.33. The minimum Gasteiger partial charge on any atom is -0.282 e. The number of aromatic nitrogens is 3. The number of rotatable bonds is 0. The lowest BCUT2D eigenvalue weighted by atomic mass is 10.2. The average Bonchev–Trinajstić information content (AvgIpc) is 2.52. The number of H-pyrrole nitrogens is 1. The summed E-state index contributed by atoms with van der Waals surface area (Å²) in [6.07, 6.45) is 0. The van der Waals surface area contributed by atoms with Crippen LogP contribution in [0.5, 0.6) is 0 Å². The normalized spacial score (nSPS) is 9.79. The molecule has 0 aliphatic heterocycles. The summed E-state index contributed by atoms with van der Waals surface area (Å²) in [6.45, 7) is 10.0. The molecule has 2 aromatic heterocycles. The molecule has 0 spiro atoms. The van der Waals surface area contributed by atoms with Crippen LogP contribution in [0, 0.1) is 20.8 Å². The van der Waals surface area contributed by atoms with Gasteiger partial charge in [-0.15, -0.1) is 0 Å². The summed E-state index contributed by atoms with van der Waals surface area (Å²) < 4.78 is 0. The predicted molar refractivity (Wildman–Crippen MR) is 59.4 cm³/mol. The van der Waals surface area contributed by atoms with Crippen molar-refractivity contribution in [1.29, 1.82) is 0 Å². The molecule has 0 saturated heterocycles. The third kappa shape index (κ3) is 1.76. The zero-order chi connectivity index (χ0) is 10.7. The lowest BCUT2D eigenvalue weighted by molar-refractivity contribution is 1.06. The molecule has 0 unspecified atom stereocenters. The predicted octanol–water partition coefficient (Wildman–Crippen LogP) is 2.91. The lowest BCUT2D eigenvalue weighted by Gasteiger charge is -1.96. The van der Waals surface area contributed by atoms with Gasteiger partial charge in [0.2, 0.25) is 0 Å². The Bertz CT molecular complexity index is 429. The molecule has 0 atom stereocenters. The highest BCUT2D eigenvalue weighted by Gasteiger charge is 2.04. The molecule has 2 heterocycles. The molecular formula is C11H17N3. The van der Waals surface area contributed by atoms with Crippen LogP contribution >= 0.6 is 0 Å². The van der Waals surface area contributed by atoms with Crippen molar-refractivity contribution < 1.29 is 0 Å². The smallest absolute Gasteiger partial charge is 0.114 e. The second-order valence-corrected chi connectivity index (χ2v) is 3.09. The number of fused-ring (bicyclic) bond motifs is 1. The number of pyridine rings is 1. The molecule has 14 heavy (non-hydrogen) atoms. The molecule has 0 saturated carbocycles. The van der Waals surface area contributed by atoms with Gasteiger partial charge in [-0.3, -0.25) is 10.1 Å². The summed E-state index contributed by atoms with van der Waals surface area (Å²) in [7, 11) is 0. The number of hydrogen-bond donors (Lipinski definition) is 1. The van der Waals surface area contributed by atoms with Crippen LogP contribution in [0.4, 0.5) is 0 Å². The molecule has 0 amide bonds. The summed E-state index contributed by atoms with van der Waals surface area (Å²) in [5.74, 6) is 0. The van der Waals surface area contributed by atoms with Gasteiger partial charge in [-0.05, 0) is 26.8 Å². The van der Waals surface area contributed by atoms with Crippen LogP contribution in [0.25, 0.3) is 10.9 Å². The van der Waals surface area contributed by atoms with Crippen molar-refractivity contribution in [1.82, 2.24) is 15.2 Å². The van der Waals surface area contributed by atoms with Crippen LogP contribution in [0.1, 0.15) is 30.9 Å². The molecule has 0 aromatic carbocycles. The largest absolute Gasteiger partial charge is 0.282 e. The summed E-state index contributed by atoms with van der Waals surface area (Å²) in [5.41, 5.74) is 4.13. The molecule has 2 aromatic rings. The van der Waals surface area contributed by atoms with E-state index in [0.29, 0.717) is 0 Å². The third-order valence-electron chi connectivity index (χ3n) is 2.03. The molecule has 3 nitrogen and oxygen atoms in total. The van der Waals surface area contributed by atoms with Gasteiger partial charge in [0.15, 0.2) is 0 Å². The van der Waals surface area contributed by atoms with E-state index in [0.717, 1.165) is 22.6 Å². The van der Waals surface area contributed by atoms with Crippen LogP contribution in [0.3, 0.4) is 0 Å². The second-order valence-electron chi connectivity index (χ2n) is 3.09. The van der Waals surface area contributed by atoms with E-state index >= 15 is 0 Å². The number of nitrogens with zero attached hydrogens (tertiary/aromatic N) is 2. The summed E-state index contributed by atoms with van der Waals surface area (Å²) in [4.78, 5) is 4.33. The van der Waals surface area contributed by atoms with Gasteiger partial charge >= 0.3 is 0 Å². The van der Waals surface area contributed by atoms with Gasteiger partial charge in [-0.1, -0.05) is 13.8 Å². The van der Waals surface area contributed by atoms with Gasteiger partial charge in [0.1, 0.15) is 5.52 Å². The highest BCUT2D eigenvalue weighted by Crippen LogP contribution is 2.17. The highest BCUT2D eigenvalue weighted by molar-refractivity contribution is 5.83. The standard InChI is InChI=1S/C9H11N3.C2H6/c1-5-4-8-6(2)11-12-9(8)7(3)10-5;1-2/h4H,1-3H3,(H,11,12);1-2H3. The molecule has 76 valence electrons. The average molecular weight is 191 g/mol. The highest BCUT2D eigenvalue weighted by atomic mass is 15.1. The van der Waals surface area contributed by atoms with E-state index in [1.165, 1.54) is 5.39 Å². The van der Waals surface area contributed by atoms with Gasteiger partial charge in [0.05, 0.1) is 5.69 Å². The van der Waals surface area contributed by atoms with Gasteiger partial charge < -0.3 is 0 Å². The van der Waals surface area contributed by atoms with Crippen LogP contribution in [-0.2, 0) is 0 Å². The van der Waals surface area contributed by atoms with E-state index in [-0.39, 0.29) is 0 Å². The molecular weight excluding hydrogens is 174 g/mol. The van der Waals surface area contributed by atoms with Crippen molar-refractivity contribution in [3.8, 4) is 0 Å². The van der Waals surface area contributed by atoms with Crippen LogP contribution in [0.15, 0.2) is 6.07 Å². The van der Waals surface area contributed by atoms with Crippen molar-refractivity contribution in [2.75, 3.05) is 0 Å². The Morgan fingerprint density at radius 3 is 2.43 bits per heavy atom. The van der Waals surface area contributed by atoms with Crippen molar-refractivity contribution in [3.05, 3.63) is 23.1 Å². The van der Waals surface area contributed by atoms with Gasteiger partial charge in [-0.25, -0.2) is 0 Å². The molecule has 0 aliphatic carbocycles. The summed E-state index contributed by atoms with van der Waals surface area (Å²) >= 11 is 0. The zero-order valence-corrected chi connectivity index (χ0v) is 9.47. The Balaban J connectivity index is 0.000000461. The van der Waals surface area contributed by atoms with E-state index in [1.807, 2.05) is 34.6 Å². The van der Waals surface area contributed by atoms with E-state index in [9.17, 15) is 0 Å². The van der Waals surface area contributed by atoms with Crippen LogP contribution in [-0.4, -0.2) is 15.2 Å². The monoisotopic (exact) mass is 191 g/mol. The maximum absolute atomic E-state index is 4.33. The van der Waals surface area contributed by atoms with Crippen molar-refractivity contribution in [2.24, 2.45) is 0 Å². The van der Waals surface area contributed by atoms with E-state index in [1.54, 1.807) is 0 Å². The van der Waals surface area contributed by atoms with E-state index in [2.05, 4.69) is 21.2 Å². The molecule has 3 heteroatoms. The fourth-order valence-electron chi connectivity index (χ4n) is 1.45. The van der Waals surface area contributed by atoms with Crippen molar-refractivity contribution in [2.45, 2.75) is 34.6 Å². The first kappa shape index (κ1) is 10.7. The Morgan fingerprint density at radius 1 is 1.14 bits per heavy atom. The van der Waals surface area contributed by atoms with Crippen LogP contribution in [0.2, 0.25) is 0 Å². The topological polar surface area (TPSA) is 41.6 Å². The fraction of sp³-hybridized carbons (Fsp3) is 0.455. The summed E-state index contributed by atoms with van der Waals surface area (Å²) in [5, 5.41) is 8.31. The van der Waals surface area contributed by atoms with Gasteiger partial charge in [0, 0.05) is 16.8 Å². The second kappa shape index (κ2) is 4.22. The third-order valence-corrected chi connectivity index (χ3v) is 2.03. The first-order valence-corrected chi connectivity index (χ1v) is 4.97. The SMILES string of the molecule is CC.Cc1cc2c(C)[nH]nc2c(C)n1. The number of nitrogens with one attached hydrogen (secondary N) is 1. The van der Waals surface area contributed by atoms with Crippen molar-refractivity contribution in [3.63, 3.8) is 0 Å². The first-order chi connectivity index (χ1) is 6.68. The Labute approximate surface area is 84.6 Å². The zero-order valence-electron chi connectivity index (χ0n) is 9.47. The Hall–Kier alpha value is -1.38. The Morgan fingerprint density at radius 2 is 1.79 bits per heavy atom. The number of aryl methyl sites for hydroxylation is 3. The molecule has 0 bridgehead atoms. The molecule has 2 rings (SSSR count). The maximum Gasteiger partial charge on any atom is 0.114 e.